The smallest absolute Gasteiger partial charge is 0.213 e. The minimum absolute atomic E-state index is 0.533. The van der Waals surface area contributed by atoms with Crippen LogP contribution in [0.4, 0.5) is 102 Å². The van der Waals surface area contributed by atoms with Crippen molar-refractivity contribution >= 4 is 214 Å². The number of pyridine rings is 7. The molecule has 21 rings (SSSR count). The number of thioether (sulfide) groups is 3. The van der Waals surface area contributed by atoms with E-state index in [1.165, 1.54) is 21.0 Å². The number of nitrogen functional groups attached to an aromatic ring is 1. The maximum atomic E-state index is 6.02. The highest BCUT2D eigenvalue weighted by Crippen LogP contribution is 2.42. The van der Waals surface area contributed by atoms with Gasteiger partial charge in [-0.25, -0.2) is 9.97 Å². The molecule has 0 bridgehead atoms. The summed E-state index contributed by atoms with van der Waals surface area (Å²) in [4.78, 5) is 42.4. The standard InChI is InChI=1S/C20H17N3OS.C20H22N2OS.2C18H19N3.C18H18N2S.C16H15N3.C14H16N2O/c1-24-18-10-9-13-5-3-8-17(20(13)23-18)22-16-7-4-6-14-11-15(25-2)12-21-19(14)16;1-14(2)24-18-11-6-5-9-16(18)22(3)17-10-7-8-15-12-13-19(23-4)21-20(15)17;1-13-11-14-7-6-9-16(18(14)19-12-13)20-15-8-4-5-10-17(15)21(2)3;1-13-11-12-14-7-6-9-16(18(14)19-13)20-15-8-4-5-10-17(15)21(2)3;1-3-21-17-10-5-4-8-15(17)20-16-9-6-7-14-12-11-13(2)19-18(14)16;1-17-13-8-2-3-9-14(13)19-15-10-4-6-12-7-5-11-18-16(12)15;1-10-6-5-8-12(14(10)15)16-11-7-3-4-9-13(11)17-2/h3-12,22H,1-2H3;5-14H,1-4H3;2*4-12,20H,1-3H3;4-12,20H,3H2,1-2H3;2-11,17,19H,1H3;3-9,16H,15H2,1-2H3. The van der Waals surface area contributed by atoms with Gasteiger partial charge in [0.15, 0.2) is 0 Å². The molecule has 7 aromatic heterocycles. The molecular weight excluding hydrogens is 1890 g/mol. The molecule has 0 spiro atoms. The van der Waals surface area contributed by atoms with Gasteiger partial charge in [-0.05, 0) is 215 Å². The van der Waals surface area contributed by atoms with Crippen LogP contribution in [0.3, 0.4) is 0 Å². The first-order valence-corrected chi connectivity index (χ1v) is 52.0. The normalized spacial score (nSPS) is 10.7. The summed E-state index contributed by atoms with van der Waals surface area (Å²) in [6.07, 6.45) is 7.69. The number of para-hydroxylation sites is 18. The summed E-state index contributed by atoms with van der Waals surface area (Å²) < 4.78 is 15.9. The lowest BCUT2D eigenvalue weighted by molar-refractivity contribution is 0.399. The average molecular weight is 2010 g/mol. The Balaban J connectivity index is 0.000000130. The van der Waals surface area contributed by atoms with Gasteiger partial charge in [0.2, 0.25) is 11.8 Å². The van der Waals surface area contributed by atoms with Crippen molar-refractivity contribution < 1.29 is 14.2 Å². The van der Waals surface area contributed by atoms with E-state index in [1.807, 2.05) is 274 Å². The van der Waals surface area contributed by atoms with Crippen molar-refractivity contribution in [1.29, 1.82) is 0 Å². The summed E-state index contributed by atoms with van der Waals surface area (Å²) >= 11 is 5.41. The fourth-order valence-electron chi connectivity index (χ4n) is 16.7. The van der Waals surface area contributed by atoms with Crippen LogP contribution in [-0.4, -0.2) is 116 Å². The number of fused-ring (bicyclic) bond motifs is 7. The van der Waals surface area contributed by atoms with Crippen LogP contribution in [0.15, 0.2) is 397 Å². The molecule has 0 atom stereocenters. The van der Waals surface area contributed by atoms with E-state index >= 15 is 0 Å². The molecule has 21 nitrogen and oxygen atoms in total. The first-order chi connectivity index (χ1) is 72.0. The number of methoxy groups -OCH3 is 3. The molecule has 21 aromatic rings. The summed E-state index contributed by atoms with van der Waals surface area (Å²) in [7, 11) is 17.1. The van der Waals surface area contributed by atoms with E-state index in [0.717, 1.165) is 206 Å². The molecule has 0 saturated heterocycles. The highest BCUT2D eigenvalue weighted by Gasteiger charge is 2.19. The zero-order valence-electron chi connectivity index (χ0n) is 86.7. The molecule has 0 fully saturated rings. The number of nitrogens with two attached hydrogens (primary N) is 1. The molecule has 14 aromatic carbocycles. The second-order valence-electron chi connectivity index (χ2n) is 35.3. The van der Waals surface area contributed by atoms with Crippen LogP contribution in [0.25, 0.3) is 76.3 Å². The molecule has 0 aliphatic rings. The molecule has 0 unspecified atom stereocenters. The van der Waals surface area contributed by atoms with E-state index in [4.69, 9.17) is 19.9 Å². The van der Waals surface area contributed by atoms with Crippen LogP contribution in [0.5, 0.6) is 17.5 Å². The van der Waals surface area contributed by atoms with Gasteiger partial charge in [-0.1, -0.05) is 209 Å². The van der Waals surface area contributed by atoms with Gasteiger partial charge in [-0.3, -0.25) is 24.9 Å². The van der Waals surface area contributed by atoms with Crippen molar-refractivity contribution in [3.05, 3.63) is 405 Å². The summed E-state index contributed by atoms with van der Waals surface area (Å²) in [5, 5.41) is 32.4. The fraction of sp³-hybridized carbons (Fsp3) is 0.153. The lowest BCUT2D eigenvalue weighted by Crippen LogP contribution is -2.11. The molecule has 748 valence electrons. The maximum Gasteiger partial charge on any atom is 0.213 e. The van der Waals surface area contributed by atoms with E-state index in [-0.39, 0.29) is 0 Å². The summed E-state index contributed by atoms with van der Waals surface area (Å²) in [5.74, 6) is 3.09. The minimum Gasteiger partial charge on any atom is -0.495 e. The van der Waals surface area contributed by atoms with E-state index in [1.54, 1.807) is 33.1 Å². The van der Waals surface area contributed by atoms with Gasteiger partial charge in [0, 0.05) is 142 Å². The molecule has 0 saturated carbocycles. The third-order valence-electron chi connectivity index (χ3n) is 24.1. The number of nitrogens with one attached hydrogen (secondary N) is 7. The van der Waals surface area contributed by atoms with Gasteiger partial charge in [-0.15, -0.1) is 35.3 Å². The highest BCUT2D eigenvalue weighted by molar-refractivity contribution is 8.00. The van der Waals surface area contributed by atoms with Crippen LogP contribution >= 0.6 is 35.3 Å². The van der Waals surface area contributed by atoms with Gasteiger partial charge in [-0.2, -0.15) is 0 Å². The van der Waals surface area contributed by atoms with Gasteiger partial charge >= 0.3 is 0 Å². The SMILES string of the molecule is CCSc1ccccc1Nc1cccc2ccc(C)nc12.CNc1ccccc1Nc1cccc2cccnc12.COc1ccc2cccc(N(C)c3ccccc3SC(C)C)c2n1.COc1ccc2cccc(Nc3cccc4cc(SC)cnc34)c2n1.COc1ccccc1Nc1cccc(C)c1N.Cc1ccc2cccc(Nc3ccccc3N(C)C)c2n1.Cc1cnc2c(Nc3ccccc3N(C)C)cccc2c1. The van der Waals surface area contributed by atoms with Gasteiger partial charge in [0.25, 0.3) is 0 Å². The van der Waals surface area contributed by atoms with Crippen molar-refractivity contribution in [3.63, 3.8) is 0 Å². The second-order valence-corrected chi connectivity index (χ2v) is 39.1. The van der Waals surface area contributed by atoms with E-state index in [0.29, 0.717) is 17.0 Å². The van der Waals surface area contributed by atoms with Crippen LogP contribution < -0.4 is 71.9 Å². The van der Waals surface area contributed by atoms with Crippen molar-refractivity contribution in [2.45, 2.75) is 68.4 Å². The molecule has 0 amide bonds. The number of nitrogens with zero attached hydrogens (tertiary/aromatic N) is 10. The molecule has 24 heteroatoms. The number of ether oxygens (including phenoxy) is 3. The first kappa shape index (κ1) is 105. The van der Waals surface area contributed by atoms with Crippen LogP contribution in [0.1, 0.15) is 43.3 Å². The quantitative estimate of drug-likeness (QED) is 0.0196. The zero-order chi connectivity index (χ0) is 104. The van der Waals surface area contributed by atoms with E-state index < -0.39 is 0 Å². The zero-order valence-corrected chi connectivity index (χ0v) is 89.1. The Morgan fingerprint density at radius 3 is 1.23 bits per heavy atom. The number of aromatic nitrogens is 7. The number of rotatable bonds is 25. The van der Waals surface area contributed by atoms with Crippen molar-refractivity contribution in [2.24, 2.45) is 0 Å². The Labute approximate surface area is 881 Å². The van der Waals surface area contributed by atoms with Crippen LogP contribution in [0.2, 0.25) is 0 Å². The van der Waals surface area contributed by atoms with Crippen LogP contribution in [0, 0.1) is 27.7 Å². The fourth-order valence-corrected chi connectivity index (χ4v) is 18.8. The molecule has 0 radical (unpaired) electrons. The van der Waals surface area contributed by atoms with Gasteiger partial charge in [0.1, 0.15) is 5.75 Å². The second kappa shape index (κ2) is 51.6. The van der Waals surface area contributed by atoms with E-state index in [2.05, 4.69) is 316 Å². The lowest BCUT2D eigenvalue weighted by atomic mass is 10.1. The number of aryl methyl sites for hydroxylation is 4. The largest absolute Gasteiger partial charge is 0.495 e. The Hall–Kier alpha value is -16.8. The number of anilines is 18. The lowest BCUT2D eigenvalue weighted by Gasteiger charge is -2.24. The summed E-state index contributed by atoms with van der Waals surface area (Å²) in [6.45, 7) is 14.7. The number of hydrogen-bond acceptors (Lipinski definition) is 24. The molecule has 0 aliphatic carbocycles. The molecule has 0 aliphatic heterocycles. The van der Waals surface area contributed by atoms with Gasteiger partial charge < -0.3 is 71.9 Å². The van der Waals surface area contributed by atoms with Crippen molar-refractivity contribution in [2.75, 3.05) is 133 Å². The van der Waals surface area contributed by atoms with Gasteiger partial charge in [0.05, 0.1) is 162 Å². The third kappa shape index (κ3) is 27.2. The maximum absolute atomic E-state index is 6.02. The Morgan fingerprint density at radius 1 is 0.324 bits per heavy atom. The topological polar surface area (TPSA) is 238 Å². The number of benzene rings is 14. The third-order valence-corrected chi connectivity index (χ3v) is 26.8. The number of hydrogen-bond donors (Lipinski definition) is 8. The molecule has 148 heavy (non-hydrogen) atoms. The Kier molecular flexibility index (Phi) is 36.8. The van der Waals surface area contributed by atoms with E-state index in [9.17, 15) is 0 Å². The highest BCUT2D eigenvalue weighted by atomic mass is 32.2. The predicted molar refractivity (Wildman–Crippen MR) is 635 cm³/mol. The predicted octanol–water partition coefficient (Wildman–Crippen LogP) is 32.2. The summed E-state index contributed by atoms with van der Waals surface area (Å²) in [5.41, 5.74) is 35.7. The van der Waals surface area contributed by atoms with Crippen LogP contribution in [-0.2, 0) is 0 Å². The average Bonchev–Trinajstić information content (AvgIpc) is 0.788. The Morgan fingerprint density at radius 2 is 0.703 bits per heavy atom. The Bertz CT molecular complexity index is 8090. The monoisotopic (exact) mass is 2010 g/mol. The summed E-state index contributed by atoms with van der Waals surface area (Å²) in [6, 6.07) is 123. The molecule has 9 N–H and O–H groups in total. The van der Waals surface area contributed by atoms with Crippen molar-refractivity contribution in [1.82, 2.24) is 34.9 Å². The minimum atomic E-state index is 0.533. The van der Waals surface area contributed by atoms with Crippen molar-refractivity contribution in [3.8, 4) is 17.5 Å². The molecular formula is C124H126N18O3S3. The first-order valence-electron chi connectivity index (χ1n) is 48.9. The molecule has 7 heterocycles.